The Morgan fingerprint density at radius 2 is 1.88 bits per heavy atom. The Kier molecular flexibility index (Phi) is 5.26. The molecule has 0 saturated carbocycles. The summed E-state index contributed by atoms with van der Waals surface area (Å²) >= 11 is 0. The van der Waals surface area contributed by atoms with E-state index in [1.54, 1.807) is 42.7 Å². The second-order valence-electron chi connectivity index (χ2n) is 5.51. The lowest BCUT2D eigenvalue weighted by Crippen LogP contribution is -2.17. The fourth-order valence-electron chi connectivity index (χ4n) is 2.14. The fraction of sp³-hybridized carbons (Fsp3) is 0.100. The summed E-state index contributed by atoms with van der Waals surface area (Å²) in [6.07, 6.45) is 2.98. The van der Waals surface area contributed by atoms with Crippen LogP contribution in [0.3, 0.4) is 0 Å². The van der Waals surface area contributed by atoms with Gasteiger partial charge < -0.3 is 9.15 Å². The highest BCUT2D eigenvalue weighted by Crippen LogP contribution is 2.14. The van der Waals surface area contributed by atoms with Crippen molar-refractivity contribution in [1.29, 1.82) is 0 Å². The number of furan rings is 1. The molecule has 0 saturated heterocycles. The normalized spacial score (nSPS) is 10.8. The Balaban J connectivity index is 1.52. The minimum Gasteiger partial charge on any atom is -0.489 e. The molecule has 0 aliphatic carbocycles. The zero-order chi connectivity index (χ0) is 17.5. The van der Waals surface area contributed by atoms with Gasteiger partial charge in [-0.25, -0.2) is 5.43 Å². The minimum atomic E-state index is -0.298. The Morgan fingerprint density at radius 1 is 1.12 bits per heavy atom. The van der Waals surface area contributed by atoms with Crippen molar-refractivity contribution in [2.24, 2.45) is 5.10 Å². The van der Waals surface area contributed by atoms with E-state index in [4.69, 9.17) is 9.15 Å². The van der Waals surface area contributed by atoms with Crippen molar-refractivity contribution >= 4 is 12.1 Å². The third kappa shape index (κ3) is 4.81. The van der Waals surface area contributed by atoms with Gasteiger partial charge in [-0.1, -0.05) is 29.8 Å². The number of hydrogen-bond acceptors (Lipinski definition) is 4. The second kappa shape index (κ2) is 7.97. The zero-order valence-electron chi connectivity index (χ0n) is 13.8. The molecule has 1 aromatic heterocycles. The van der Waals surface area contributed by atoms with Gasteiger partial charge in [0.2, 0.25) is 0 Å². The lowest BCUT2D eigenvalue weighted by atomic mass is 10.2. The second-order valence-corrected chi connectivity index (χ2v) is 5.51. The van der Waals surface area contributed by atoms with Crippen LogP contribution in [0, 0.1) is 6.92 Å². The highest BCUT2D eigenvalue weighted by molar-refractivity contribution is 5.94. The van der Waals surface area contributed by atoms with Gasteiger partial charge in [0.25, 0.3) is 5.91 Å². The summed E-state index contributed by atoms with van der Waals surface area (Å²) in [6.45, 7) is 2.53. The van der Waals surface area contributed by atoms with Crippen LogP contribution >= 0.6 is 0 Å². The summed E-state index contributed by atoms with van der Waals surface area (Å²) in [5, 5.41) is 3.85. The first-order valence-electron chi connectivity index (χ1n) is 7.86. The molecule has 0 unspecified atom stereocenters. The van der Waals surface area contributed by atoms with E-state index < -0.39 is 0 Å². The van der Waals surface area contributed by atoms with Gasteiger partial charge in [-0.3, -0.25) is 4.79 Å². The van der Waals surface area contributed by atoms with Crippen molar-refractivity contribution in [1.82, 2.24) is 5.43 Å². The van der Waals surface area contributed by atoms with Gasteiger partial charge in [0.1, 0.15) is 18.1 Å². The molecule has 0 fully saturated rings. The Morgan fingerprint density at radius 3 is 2.56 bits per heavy atom. The molecule has 0 radical (unpaired) electrons. The molecule has 126 valence electrons. The van der Waals surface area contributed by atoms with Gasteiger partial charge in [-0.05, 0) is 48.9 Å². The van der Waals surface area contributed by atoms with Crippen molar-refractivity contribution < 1.29 is 13.9 Å². The molecule has 2 aromatic carbocycles. The van der Waals surface area contributed by atoms with E-state index >= 15 is 0 Å². The predicted molar refractivity (Wildman–Crippen MR) is 95.7 cm³/mol. The molecule has 1 amide bonds. The molecule has 0 bridgehead atoms. The molecule has 5 nitrogen and oxygen atoms in total. The van der Waals surface area contributed by atoms with Crippen LogP contribution in [0.15, 0.2) is 76.4 Å². The molecule has 0 aliphatic rings. The third-order valence-corrected chi connectivity index (χ3v) is 3.54. The Bertz CT molecular complexity index is 836. The molecular formula is C20H18N2O3. The Labute approximate surface area is 145 Å². The molecule has 1 N–H and O–H groups in total. The van der Waals surface area contributed by atoms with Crippen LogP contribution in [0.4, 0.5) is 0 Å². The van der Waals surface area contributed by atoms with Crippen molar-refractivity contribution in [2.45, 2.75) is 13.5 Å². The molecule has 3 aromatic rings. The van der Waals surface area contributed by atoms with E-state index in [0.717, 1.165) is 5.56 Å². The van der Waals surface area contributed by atoms with E-state index in [-0.39, 0.29) is 5.91 Å². The molecule has 5 heteroatoms. The number of carbonyl (C=O) groups excluding carboxylic acids is 1. The van der Waals surface area contributed by atoms with E-state index in [2.05, 4.69) is 22.7 Å². The number of benzene rings is 2. The summed E-state index contributed by atoms with van der Waals surface area (Å²) in [5.74, 6) is 0.976. The molecule has 3 rings (SSSR count). The summed E-state index contributed by atoms with van der Waals surface area (Å²) in [6, 6.07) is 18.6. The standard InChI is InChI=1S/C20H18N2O3/c1-15-4-6-16(7-5-15)14-25-18-10-8-17(9-11-18)20(23)22-21-13-19-3-2-12-24-19/h2-13H,14H2,1H3,(H,22,23)/b21-13+. The number of amides is 1. The highest BCUT2D eigenvalue weighted by atomic mass is 16.5. The molecular weight excluding hydrogens is 316 g/mol. The van der Waals surface area contributed by atoms with Gasteiger partial charge in [0, 0.05) is 5.56 Å². The third-order valence-electron chi connectivity index (χ3n) is 3.54. The quantitative estimate of drug-likeness (QED) is 0.549. The van der Waals surface area contributed by atoms with Crippen LogP contribution in [0.25, 0.3) is 0 Å². The van der Waals surface area contributed by atoms with Crippen molar-refractivity contribution in [3.63, 3.8) is 0 Å². The Hall–Kier alpha value is -3.34. The lowest BCUT2D eigenvalue weighted by molar-refractivity contribution is 0.0955. The van der Waals surface area contributed by atoms with Gasteiger partial charge in [0.15, 0.2) is 0 Å². The minimum absolute atomic E-state index is 0.298. The largest absolute Gasteiger partial charge is 0.489 e. The predicted octanol–water partition coefficient (Wildman–Crippen LogP) is 3.93. The maximum Gasteiger partial charge on any atom is 0.271 e. The molecule has 25 heavy (non-hydrogen) atoms. The highest BCUT2D eigenvalue weighted by Gasteiger charge is 2.04. The number of carbonyl (C=O) groups is 1. The van der Waals surface area contributed by atoms with Gasteiger partial charge >= 0.3 is 0 Å². The average Bonchev–Trinajstić information content (AvgIpc) is 3.15. The maximum atomic E-state index is 12.0. The van der Waals surface area contributed by atoms with Crippen LogP contribution in [0.5, 0.6) is 5.75 Å². The van der Waals surface area contributed by atoms with Crippen LogP contribution in [-0.4, -0.2) is 12.1 Å². The van der Waals surface area contributed by atoms with E-state index in [9.17, 15) is 4.79 Å². The number of nitrogens with zero attached hydrogens (tertiary/aromatic N) is 1. The summed E-state index contributed by atoms with van der Waals surface area (Å²) in [7, 11) is 0. The van der Waals surface area contributed by atoms with Gasteiger partial charge in [-0.2, -0.15) is 5.10 Å². The monoisotopic (exact) mass is 334 g/mol. The fourth-order valence-corrected chi connectivity index (χ4v) is 2.14. The number of rotatable bonds is 6. The smallest absolute Gasteiger partial charge is 0.271 e. The van der Waals surface area contributed by atoms with Crippen LogP contribution in [0.2, 0.25) is 0 Å². The summed E-state index contributed by atoms with van der Waals surface area (Å²) in [5.41, 5.74) is 5.26. The first kappa shape index (κ1) is 16.5. The number of nitrogens with one attached hydrogen (secondary N) is 1. The number of ether oxygens (including phenoxy) is 1. The molecule has 0 atom stereocenters. The van der Waals surface area contributed by atoms with Crippen LogP contribution in [-0.2, 0) is 6.61 Å². The molecule has 0 aliphatic heterocycles. The topological polar surface area (TPSA) is 63.8 Å². The van der Waals surface area contributed by atoms with E-state index in [0.29, 0.717) is 23.7 Å². The average molecular weight is 334 g/mol. The number of hydrazone groups is 1. The van der Waals surface area contributed by atoms with Crippen LogP contribution < -0.4 is 10.2 Å². The number of hydrogen-bond donors (Lipinski definition) is 1. The van der Waals surface area contributed by atoms with Gasteiger partial charge in [0.05, 0.1) is 12.5 Å². The SMILES string of the molecule is Cc1ccc(COc2ccc(C(=O)N/N=C/c3ccco3)cc2)cc1. The van der Waals surface area contributed by atoms with Crippen LogP contribution in [0.1, 0.15) is 27.2 Å². The lowest BCUT2D eigenvalue weighted by Gasteiger charge is -2.07. The van der Waals surface area contributed by atoms with Crippen molar-refractivity contribution in [2.75, 3.05) is 0 Å². The molecule has 0 spiro atoms. The first-order valence-corrected chi connectivity index (χ1v) is 7.86. The zero-order valence-corrected chi connectivity index (χ0v) is 13.8. The van der Waals surface area contributed by atoms with Gasteiger partial charge in [-0.15, -0.1) is 0 Å². The van der Waals surface area contributed by atoms with E-state index in [1.807, 2.05) is 19.1 Å². The van der Waals surface area contributed by atoms with E-state index in [1.165, 1.54) is 11.8 Å². The first-order chi connectivity index (χ1) is 12.2. The number of aryl methyl sites for hydroxylation is 1. The van der Waals surface area contributed by atoms with Crippen molar-refractivity contribution in [3.8, 4) is 5.75 Å². The summed E-state index contributed by atoms with van der Waals surface area (Å²) in [4.78, 5) is 12.0. The van der Waals surface area contributed by atoms with Crippen molar-refractivity contribution in [3.05, 3.63) is 89.4 Å². The summed E-state index contributed by atoms with van der Waals surface area (Å²) < 4.78 is 10.8. The maximum absolute atomic E-state index is 12.0. The molecule has 1 heterocycles.